The Labute approximate surface area is 111 Å². The molecule has 0 saturated carbocycles. The summed E-state index contributed by atoms with van der Waals surface area (Å²) >= 11 is 5.64. The van der Waals surface area contributed by atoms with Gasteiger partial charge in [-0.3, -0.25) is 9.78 Å². The van der Waals surface area contributed by atoms with Gasteiger partial charge in [-0.1, -0.05) is 12.1 Å². The number of rotatable bonds is 4. The van der Waals surface area contributed by atoms with E-state index >= 15 is 0 Å². The quantitative estimate of drug-likeness (QED) is 0.794. The molecule has 0 aliphatic carbocycles. The van der Waals surface area contributed by atoms with Gasteiger partial charge >= 0.3 is 0 Å². The van der Waals surface area contributed by atoms with E-state index in [1.165, 1.54) is 0 Å². The molecule has 1 aromatic carbocycles. The number of nitrogens with zero attached hydrogens (tertiary/aromatic N) is 2. The fourth-order valence-corrected chi connectivity index (χ4v) is 2.01. The van der Waals surface area contributed by atoms with Gasteiger partial charge in [0, 0.05) is 36.6 Å². The fourth-order valence-electron chi connectivity index (χ4n) is 1.89. The second-order valence-corrected chi connectivity index (χ2v) is 4.52. The summed E-state index contributed by atoms with van der Waals surface area (Å²) in [4.78, 5) is 18.3. The first kappa shape index (κ1) is 12.8. The van der Waals surface area contributed by atoms with Crippen molar-refractivity contribution in [2.75, 3.05) is 19.5 Å². The molecule has 3 nitrogen and oxygen atoms in total. The zero-order chi connectivity index (χ0) is 13.0. The van der Waals surface area contributed by atoms with Crippen molar-refractivity contribution >= 4 is 28.4 Å². The number of benzene rings is 1. The van der Waals surface area contributed by atoms with Crippen LogP contribution < -0.4 is 0 Å². The molecular weight excluding hydrogens is 248 g/mol. The second-order valence-electron chi connectivity index (χ2n) is 4.14. The van der Waals surface area contributed by atoms with Crippen LogP contribution in [0.2, 0.25) is 0 Å². The number of carbonyl (C=O) groups is 1. The van der Waals surface area contributed by atoms with E-state index < -0.39 is 0 Å². The number of alkyl halides is 1. The van der Waals surface area contributed by atoms with Crippen LogP contribution in [0.3, 0.4) is 0 Å². The van der Waals surface area contributed by atoms with Crippen molar-refractivity contribution in [1.82, 2.24) is 9.88 Å². The van der Waals surface area contributed by atoms with E-state index in [0.29, 0.717) is 18.0 Å². The third kappa shape index (κ3) is 2.62. The molecule has 18 heavy (non-hydrogen) atoms. The van der Waals surface area contributed by atoms with Gasteiger partial charge in [-0.2, -0.15) is 0 Å². The summed E-state index contributed by atoms with van der Waals surface area (Å²) in [5.74, 6) is 0.577. The zero-order valence-corrected chi connectivity index (χ0v) is 11.0. The topological polar surface area (TPSA) is 33.2 Å². The minimum Gasteiger partial charge on any atom is -0.342 e. The summed E-state index contributed by atoms with van der Waals surface area (Å²) in [6.45, 7) is 0.666. The van der Waals surface area contributed by atoms with Crippen molar-refractivity contribution in [2.24, 2.45) is 0 Å². The molecule has 4 heteroatoms. The Morgan fingerprint density at radius 2 is 2.17 bits per heavy atom. The molecule has 0 unspecified atom stereocenters. The molecule has 0 atom stereocenters. The Kier molecular flexibility index (Phi) is 4.15. The highest BCUT2D eigenvalue weighted by Gasteiger charge is 2.14. The van der Waals surface area contributed by atoms with Gasteiger partial charge in [-0.15, -0.1) is 11.6 Å². The lowest BCUT2D eigenvalue weighted by molar-refractivity contribution is 0.0797. The maximum absolute atomic E-state index is 12.3. The van der Waals surface area contributed by atoms with Crippen LogP contribution in [-0.2, 0) is 0 Å². The van der Waals surface area contributed by atoms with Gasteiger partial charge in [0.15, 0.2) is 0 Å². The summed E-state index contributed by atoms with van der Waals surface area (Å²) < 4.78 is 0. The van der Waals surface area contributed by atoms with Crippen LogP contribution in [-0.4, -0.2) is 35.3 Å². The number of carbonyl (C=O) groups excluding carboxylic acids is 1. The van der Waals surface area contributed by atoms with E-state index in [2.05, 4.69) is 4.98 Å². The number of amides is 1. The average Bonchev–Trinajstić information content (AvgIpc) is 2.43. The van der Waals surface area contributed by atoms with Gasteiger partial charge in [-0.25, -0.2) is 0 Å². The molecule has 1 heterocycles. The summed E-state index contributed by atoms with van der Waals surface area (Å²) in [6.07, 6.45) is 2.53. The minimum atomic E-state index is 0.0127. The lowest BCUT2D eigenvalue weighted by Crippen LogP contribution is -2.28. The van der Waals surface area contributed by atoms with Crippen LogP contribution in [0, 0.1) is 0 Å². The van der Waals surface area contributed by atoms with Gasteiger partial charge in [0.1, 0.15) is 0 Å². The van der Waals surface area contributed by atoms with E-state index in [0.717, 1.165) is 17.3 Å². The Bertz CT molecular complexity index is 551. The van der Waals surface area contributed by atoms with E-state index in [1.54, 1.807) is 18.1 Å². The molecular formula is C14H15ClN2O. The SMILES string of the molecule is CN(CCCCl)C(=O)c1cccc2ncccc12. The average molecular weight is 263 g/mol. The van der Waals surface area contributed by atoms with Crippen LogP contribution in [0.15, 0.2) is 36.5 Å². The Morgan fingerprint density at radius 3 is 2.94 bits per heavy atom. The summed E-state index contributed by atoms with van der Waals surface area (Å²) in [5.41, 5.74) is 1.53. The van der Waals surface area contributed by atoms with Gasteiger partial charge in [0.25, 0.3) is 5.91 Å². The van der Waals surface area contributed by atoms with Crippen LogP contribution in [0.4, 0.5) is 0 Å². The fraction of sp³-hybridized carbons (Fsp3) is 0.286. The van der Waals surface area contributed by atoms with Gasteiger partial charge in [0.2, 0.25) is 0 Å². The van der Waals surface area contributed by atoms with Crippen molar-refractivity contribution in [3.63, 3.8) is 0 Å². The van der Waals surface area contributed by atoms with Crippen LogP contribution in [0.1, 0.15) is 16.8 Å². The maximum atomic E-state index is 12.3. The monoisotopic (exact) mass is 262 g/mol. The van der Waals surface area contributed by atoms with Crippen molar-refractivity contribution in [1.29, 1.82) is 0 Å². The third-order valence-electron chi connectivity index (χ3n) is 2.85. The van der Waals surface area contributed by atoms with Crippen LogP contribution in [0.25, 0.3) is 10.9 Å². The maximum Gasteiger partial charge on any atom is 0.254 e. The number of hydrogen-bond acceptors (Lipinski definition) is 2. The van der Waals surface area contributed by atoms with Gasteiger partial charge in [-0.05, 0) is 24.6 Å². The molecule has 0 radical (unpaired) electrons. The van der Waals surface area contributed by atoms with E-state index in [1.807, 2.05) is 30.3 Å². The molecule has 2 aromatic rings. The molecule has 0 N–H and O–H groups in total. The summed E-state index contributed by atoms with van der Waals surface area (Å²) in [6, 6.07) is 9.37. The van der Waals surface area contributed by atoms with Crippen molar-refractivity contribution in [3.8, 4) is 0 Å². The van der Waals surface area contributed by atoms with E-state index in [9.17, 15) is 4.79 Å². The van der Waals surface area contributed by atoms with Gasteiger partial charge in [0.05, 0.1) is 5.52 Å². The normalized spacial score (nSPS) is 10.6. The molecule has 0 aliphatic heterocycles. The molecule has 1 amide bonds. The summed E-state index contributed by atoms with van der Waals surface area (Å²) in [5, 5.41) is 0.891. The molecule has 94 valence electrons. The number of fused-ring (bicyclic) bond motifs is 1. The highest BCUT2D eigenvalue weighted by molar-refractivity contribution is 6.17. The molecule has 1 aromatic heterocycles. The first-order chi connectivity index (χ1) is 8.74. The molecule has 0 saturated heterocycles. The lowest BCUT2D eigenvalue weighted by atomic mass is 10.1. The largest absolute Gasteiger partial charge is 0.342 e. The molecule has 2 rings (SSSR count). The standard InChI is InChI=1S/C14H15ClN2O/c1-17(10-4-8-15)14(18)12-5-2-7-13-11(12)6-3-9-16-13/h2-3,5-7,9H,4,8,10H2,1H3. The molecule has 0 spiro atoms. The third-order valence-corrected chi connectivity index (χ3v) is 3.12. The van der Waals surface area contributed by atoms with Crippen LogP contribution in [0.5, 0.6) is 0 Å². The zero-order valence-electron chi connectivity index (χ0n) is 10.3. The van der Waals surface area contributed by atoms with E-state index in [4.69, 9.17) is 11.6 Å². The predicted octanol–water partition coefficient (Wildman–Crippen LogP) is 2.94. The molecule has 0 aliphatic rings. The number of hydrogen-bond donors (Lipinski definition) is 0. The summed E-state index contributed by atoms with van der Waals surface area (Å²) in [7, 11) is 1.80. The van der Waals surface area contributed by atoms with Gasteiger partial charge < -0.3 is 4.90 Å². The number of halogens is 1. The van der Waals surface area contributed by atoms with Crippen molar-refractivity contribution < 1.29 is 4.79 Å². The number of aromatic nitrogens is 1. The lowest BCUT2D eigenvalue weighted by Gasteiger charge is -2.17. The molecule has 0 fully saturated rings. The predicted molar refractivity (Wildman–Crippen MR) is 74.0 cm³/mol. The molecule has 0 bridgehead atoms. The van der Waals surface area contributed by atoms with Crippen LogP contribution >= 0.6 is 11.6 Å². The van der Waals surface area contributed by atoms with Crippen molar-refractivity contribution in [3.05, 3.63) is 42.1 Å². The highest BCUT2D eigenvalue weighted by Crippen LogP contribution is 2.17. The van der Waals surface area contributed by atoms with Crippen molar-refractivity contribution in [2.45, 2.75) is 6.42 Å². The Hall–Kier alpha value is -1.61. The first-order valence-corrected chi connectivity index (χ1v) is 6.42. The van der Waals surface area contributed by atoms with E-state index in [-0.39, 0.29) is 5.91 Å². The highest BCUT2D eigenvalue weighted by atomic mass is 35.5. The smallest absolute Gasteiger partial charge is 0.254 e. The minimum absolute atomic E-state index is 0.0127. The Morgan fingerprint density at radius 1 is 1.33 bits per heavy atom. The first-order valence-electron chi connectivity index (χ1n) is 5.89. The number of pyridine rings is 1. The Balaban J connectivity index is 2.33. The second kappa shape index (κ2) is 5.83.